The van der Waals surface area contributed by atoms with Crippen molar-refractivity contribution in [3.05, 3.63) is 52.8 Å². The van der Waals surface area contributed by atoms with Crippen molar-refractivity contribution in [3.8, 4) is 22.8 Å². The number of nitrogens with one attached hydrogen (secondary N) is 1. The Bertz CT molecular complexity index is 1070. The lowest BCUT2D eigenvalue weighted by Gasteiger charge is -2.09. The number of nitrogens with zero attached hydrogens (tertiary/aromatic N) is 4. The predicted octanol–water partition coefficient (Wildman–Crippen LogP) is 3.36. The van der Waals surface area contributed by atoms with Gasteiger partial charge in [0, 0.05) is 44.6 Å². The zero-order valence-corrected chi connectivity index (χ0v) is 18.4. The summed E-state index contributed by atoms with van der Waals surface area (Å²) in [4.78, 5) is 22.4. The Balaban J connectivity index is 1.69. The van der Waals surface area contributed by atoms with E-state index in [-0.39, 0.29) is 5.91 Å². The number of benzene rings is 1. The molecule has 2 aromatic heterocycles. The fourth-order valence-corrected chi connectivity index (χ4v) is 4.06. The normalized spacial score (nSPS) is 12.7. The van der Waals surface area contributed by atoms with Crippen LogP contribution in [0.4, 0.5) is 0 Å². The van der Waals surface area contributed by atoms with Crippen molar-refractivity contribution in [1.29, 1.82) is 0 Å². The number of aromatic nitrogens is 4. The van der Waals surface area contributed by atoms with Gasteiger partial charge in [-0.05, 0) is 43.2 Å². The van der Waals surface area contributed by atoms with E-state index >= 15 is 0 Å². The van der Waals surface area contributed by atoms with Crippen LogP contribution in [-0.2, 0) is 31.0 Å². The second-order valence-electron chi connectivity index (χ2n) is 7.87. The highest BCUT2D eigenvalue weighted by Gasteiger charge is 2.27. The van der Waals surface area contributed by atoms with E-state index in [2.05, 4.69) is 46.6 Å². The summed E-state index contributed by atoms with van der Waals surface area (Å²) >= 11 is 0. The lowest BCUT2D eigenvalue weighted by molar-refractivity contribution is 0.0942. The molecule has 3 aromatic rings. The molecule has 0 radical (unpaired) electrons. The van der Waals surface area contributed by atoms with Gasteiger partial charge in [-0.25, -0.2) is 9.97 Å². The molecule has 2 heterocycles. The number of ether oxygens (including phenoxy) is 1. The summed E-state index contributed by atoms with van der Waals surface area (Å²) in [5.74, 6) is 0.557. The van der Waals surface area contributed by atoms with Crippen molar-refractivity contribution >= 4 is 5.91 Å². The van der Waals surface area contributed by atoms with Crippen molar-refractivity contribution in [2.24, 2.45) is 7.05 Å². The number of carbonyl (C=O) groups is 1. The smallest absolute Gasteiger partial charge is 0.272 e. The minimum Gasteiger partial charge on any atom is -0.385 e. The van der Waals surface area contributed by atoms with E-state index in [0.29, 0.717) is 24.7 Å². The number of carbonyl (C=O) groups excluding carboxylic acids is 1. The van der Waals surface area contributed by atoms with Crippen LogP contribution in [0.25, 0.3) is 22.8 Å². The summed E-state index contributed by atoms with van der Waals surface area (Å²) in [6.45, 7) is 3.32. The summed E-state index contributed by atoms with van der Waals surface area (Å²) < 4.78 is 6.85. The standard InChI is InChI=1S/C24H29N5O2/c1-4-16-9-11-17(12-10-16)23-26-15-18-7-5-8-19-21(24(30)25-13-6-14-31-3)28-29(2)22(19)20(18)27-23/h9-12,15H,4-8,13-14H2,1-3H3,(H,25,30). The molecule has 31 heavy (non-hydrogen) atoms. The third-order valence-electron chi connectivity index (χ3n) is 5.75. The van der Waals surface area contributed by atoms with Gasteiger partial charge in [-0.2, -0.15) is 5.10 Å². The molecule has 1 aliphatic rings. The average molecular weight is 420 g/mol. The Morgan fingerprint density at radius 1 is 1.23 bits per heavy atom. The molecule has 1 aliphatic carbocycles. The zero-order valence-electron chi connectivity index (χ0n) is 18.4. The molecule has 7 heteroatoms. The molecule has 0 unspecified atom stereocenters. The Labute approximate surface area is 182 Å². The molecule has 1 aromatic carbocycles. The molecule has 162 valence electrons. The van der Waals surface area contributed by atoms with Crippen LogP contribution in [0.2, 0.25) is 0 Å². The van der Waals surface area contributed by atoms with Gasteiger partial charge in [0.25, 0.3) is 5.91 Å². The summed E-state index contributed by atoms with van der Waals surface area (Å²) in [7, 11) is 3.54. The van der Waals surface area contributed by atoms with Crippen LogP contribution < -0.4 is 5.32 Å². The first-order valence-corrected chi connectivity index (χ1v) is 10.9. The molecule has 1 amide bonds. The van der Waals surface area contributed by atoms with Gasteiger partial charge < -0.3 is 10.1 Å². The fraction of sp³-hybridized carbons (Fsp3) is 0.417. The van der Waals surface area contributed by atoms with Crippen LogP contribution >= 0.6 is 0 Å². The molecule has 0 saturated heterocycles. The van der Waals surface area contributed by atoms with E-state index in [0.717, 1.165) is 60.2 Å². The number of amides is 1. The lowest BCUT2D eigenvalue weighted by atomic mass is 10.1. The van der Waals surface area contributed by atoms with Crippen LogP contribution in [-0.4, -0.2) is 45.9 Å². The lowest BCUT2D eigenvalue weighted by Crippen LogP contribution is -2.26. The zero-order chi connectivity index (χ0) is 21.8. The van der Waals surface area contributed by atoms with E-state index in [1.165, 1.54) is 5.56 Å². The van der Waals surface area contributed by atoms with Gasteiger partial charge in [-0.1, -0.05) is 31.2 Å². The highest BCUT2D eigenvalue weighted by molar-refractivity contribution is 5.95. The Morgan fingerprint density at radius 2 is 2.03 bits per heavy atom. The van der Waals surface area contributed by atoms with Crippen LogP contribution in [0.15, 0.2) is 30.5 Å². The molecule has 0 aliphatic heterocycles. The maximum Gasteiger partial charge on any atom is 0.272 e. The minimum absolute atomic E-state index is 0.138. The molecule has 0 atom stereocenters. The maximum absolute atomic E-state index is 12.8. The van der Waals surface area contributed by atoms with Crippen molar-refractivity contribution in [1.82, 2.24) is 25.1 Å². The van der Waals surface area contributed by atoms with E-state index in [9.17, 15) is 4.79 Å². The summed E-state index contributed by atoms with van der Waals surface area (Å²) in [5, 5.41) is 7.53. The van der Waals surface area contributed by atoms with Crippen molar-refractivity contribution in [3.63, 3.8) is 0 Å². The largest absolute Gasteiger partial charge is 0.385 e. The third kappa shape index (κ3) is 4.37. The van der Waals surface area contributed by atoms with E-state index in [1.807, 2.05) is 13.2 Å². The van der Waals surface area contributed by atoms with Crippen molar-refractivity contribution < 1.29 is 9.53 Å². The van der Waals surface area contributed by atoms with E-state index < -0.39 is 0 Å². The average Bonchev–Trinajstić information content (AvgIpc) is 3.00. The minimum atomic E-state index is -0.138. The Kier molecular flexibility index (Phi) is 6.42. The number of rotatable bonds is 7. The van der Waals surface area contributed by atoms with Gasteiger partial charge in [0.15, 0.2) is 11.5 Å². The van der Waals surface area contributed by atoms with Crippen LogP contribution in [0.3, 0.4) is 0 Å². The second kappa shape index (κ2) is 9.39. The molecular formula is C24H29N5O2. The highest BCUT2D eigenvalue weighted by atomic mass is 16.5. The molecule has 0 bridgehead atoms. The fourth-order valence-electron chi connectivity index (χ4n) is 4.06. The van der Waals surface area contributed by atoms with E-state index in [1.54, 1.807) is 11.8 Å². The Morgan fingerprint density at radius 3 is 2.77 bits per heavy atom. The molecule has 0 spiro atoms. The van der Waals surface area contributed by atoms with Gasteiger partial charge in [0.05, 0.1) is 11.4 Å². The SMILES string of the molecule is CCc1ccc(-c2ncc3c(n2)-c2c(c(C(=O)NCCCOC)nn2C)CCC3)cc1. The molecule has 7 nitrogen and oxygen atoms in total. The van der Waals surface area contributed by atoms with Gasteiger partial charge in [0.1, 0.15) is 0 Å². The summed E-state index contributed by atoms with van der Waals surface area (Å²) in [5.41, 5.74) is 6.64. The summed E-state index contributed by atoms with van der Waals surface area (Å²) in [6.07, 6.45) is 6.31. The van der Waals surface area contributed by atoms with Gasteiger partial charge in [-0.15, -0.1) is 0 Å². The van der Waals surface area contributed by atoms with Crippen LogP contribution in [0.1, 0.15) is 46.9 Å². The first kappa shape index (κ1) is 21.2. The third-order valence-corrected chi connectivity index (χ3v) is 5.75. The molecule has 0 fully saturated rings. The van der Waals surface area contributed by atoms with Gasteiger partial charge in [0.2, 0.25) is 0 Å². The van der Waals surface area contributed by atoms with Gasteiger partial charge in [-0.3, -0.25) is 9.48 Å². The molecule has 1 N–H and O–H groups in total. The number of hydrogen-bond acceptors (Lipinski definition) is 5. The van der Waals surface area contributed by atoms with Crippen LogP contribution in [0, 0.1) is 0 Å². The van der Waals surface area contributed by atoms with Crippen molar-refractivity contribution in [2.75, 3.05) is 20.3 Å². The van der Waals surface area contributed by atoms with Crippen molar-refractivity contribution in [2.45, 2.75) is 39.0 Å². The number of hydrogen-bond donors (Lipinski definition) is 1. The van der Waals surface area contributed by atoms with E-state index in [4.69, 9.17) is 9.72 Å². The number of methoxy groups -OCH3 is 1. The number of fused-ring (bicyclic) bond motifs is 3. The Hall–Kier alpha value is -3.06. The number of aryl methyl sites for hydroxylation is 3. The second-order valence-corrected chi connectivity index (χ2v) is 7.87. The van der Waals surface area contributed by atoms with Crippen LogP contribution in [0.5, 0.6) is 0 Å². The monoisotopic (exact) mass is 419 g/mol. The van der Waals surface area contributed by atoms with Gasteiger partial charge >= 0.3 is 0 Å². The maximum atomic E-state index is 12.8. The predicted molar refractivity (Wildman–Crippen MR) is 120 cm³/mol. The first-order chi connectivity index (χ1) is 15.1. The first-order valence-electron chi connectivity index (χ1n) is 10.9. The summed E-state index contributed by atoms with van der Waals surface area (Å²) in [6, 6.07) is 8.37. The molecule has 0 saturated carbocycles. The highest BCUT2D eigenvalue weighted by Crippen LogP contribution is 2.33. The topological polar surface area (TPSA) is 81.9 Å². The quantitative estimate of drug-likeness (QED) is 0.594. The molecule has 4 rings (SSSR count). The molecular weight excluding hydrogens is 390 g/mol.